The van der Waals surface area contributed by atoms with Crippen LogP contribution in [-0.4, -0.2) is 52.7 Å². The van der Waals surface area contributed by atoms with Crippen molar-refractivity contribution in [2.75, 3.05) is 32.8 Å². The van der Waals surface area contributed by atoms with Gasteiger partial charge in [0.15, 0.2) is 0 Å². The highest BCUT2D eigenvalue weighted by atomic mass is 16.5. The molecule has 0 bridgehead atoms. The van der Waals surface area contributed by atoms with Crippen LogP contribution in [0.5, 0.6) is 5.75 Å². The third-order valence-electron chi connectivity index (χ3n) is 6.17. The van der Waals surface area contributed by atoms with Gasteiger partial charge in [-0.2, -0.15) is 0 Å². The van der Waals surface area contributed by atoms with Crippen LogP contribution in [0.3, 0.4) is 0 Å². The molecule has 2 aliphatic heterocycles. The lowest BCUT2D eigenvalue weighted by Gasteiger charge is -2.38. The van der Waals surface area contributed by atoms with E-state index in [1.54, 1.807) is 12.4 Å². The molecular formula is C25H35N3O2. The van der Waals surface area contributed by atoms with E-state index in [0.717, 1.165) is 70.0 Å². The molecule has 30 heavy (non-hydrogen) atoms. The molecule has 1 saturated heterocycles. The van der Waals surface area contributed by atoms with Crippen molar-refractivity contribution in [1.29, 1.82) is 0 Å². The van der Waals surface area contributed by atoms with E-state index in [4.69, 9.17) is 4.74 Å². The van der Waals surface area contributed by atoms with Crippen LogP contribution >= 0.6 is 0 Å². The first-order chi connectivity index (χ1) is 14.3. The van der Waals surface area contributed by atoms with Crippen LogP contribution in [0.2, 0.25) is 0 Å². The number of nitrogens with zero attached hydrogens (tertiary/aromatic N) is 3. The fourth-order valence-electron chi connectivity index (χ4n) is 4.67. The summed E-state index contributed by atoms with van der Waals surface area (Å²) < 4.78 is 6.02. The Morgan fingerprint density at radius 1 is 1.10 bits per heavy atom. The summed E-state index contributed by atoms with van der Waals surface area (Å²) in [6, 6.07) is 10.5. The normalized spacial score (nSPS) is 20.3. The number of piperidine rings is 1. The molecular weight excluding hydrogens is 374 g/mol. The number of fused-ring (bicyclic) bond motifs is 1. The Morgan fingerprint density at radius 3 is 2.60 bits per heavy atom. The Kier molecular flexibility index (Phi) is 6.14. The van der Waals surface area contributed by atoms with Gasteiger partial charge in [0.05, 0.1) is 5.60 Å². The summed E-state index contributed by atoms with van der Waals surface area (Å²) in [4.78, 5) is 9.13. The van der Waals surface area contributed by atoms with Gasteiger partial charge >= 0.3 is 0 Å². The molecule has 0 saturated carbocycles. The van der Waals surface area contributed by atoms with E-state index in [1.165, 1.54) is 11.1 Å². The Labute approximate surface area is 180 Å². The summed E-state index contributed by atoms with van der Waals surface area (Å²) >= 11 is 0. The van der Waals surface area contributed by atoms with Crippen molar-refractivity contribution >= 4 is 0 Å². The van der Waals surface area contributed by atoms with Crippen LogP contribution < -0.4 is 4.74 Å². The first-order valence-corrected chi connectivity index (χ1v) is 11.1. The average Bonchev–Trinajstić information content (AvgIpc) is 2.90. The lowest BCUT2D eigenvalue weighted by Crippen LogP contribution is -2.42. The van der Waals surface area contributed by atoms with E-state index in [0.29, 0.717) is 0 Å². The number of aliphatic hydroxyl groups is 1. The predicted molar refractivity (Wildman–Crippen MR) is 119 cm³/mol. The monoisotopic (exact) mass is 409 g/mol. The van der Waals surface area contributed by atoms with Crippen molar-refractivity contribution in [3.63, 3.8) is 0 Å². The Morgan fingerprint density at radius 2 is 1.90 bits per heavy atom. The van der Waals surface area contributed by atoms with Crippen molar-refractivity contribution in [2.24, 2.45) is 5.41 Å². The van der Waals surface area contributed by atoms with Crippen molar-refractivity contribution in [1.82, 2.24) is 14.8 Å². The molecule has 1 aromatic carbocycles. The molecule has 1 N–H and O–H groups in total. The molecule has 0 atom stereocenters. The third-order valence-corrected chi connectivity index (χ3v) is 6.17. The van der Waals surface area contributed by atoms with E-state index >= 15 is 0 Å². The lowest BCUT2D eigenvalue weighted by atomic mass is 9.85. The Hall–Kier alpha value is -1.95. The summed E-state index contributed by atoms with van der Waals surface area (Å²) in [5, 5.41) is 11.0. The first kappa shape index (κ1) is 21.3. The predicted octanol–water partition coefficient (Wildman–Crippen LogP) is 3.81. The lowest BCUT2D eigenvalue weighted by molar-refractivity contribution is -0.0279. The number of hydrogen-bond donors (Lipinski definition) is 1. The molecule has 0 radical (unpaired) electrons. The largest absolute Gasteiger partial charge is 0.492 e. The molecule has 0 amide bonds. The van der Waals surface area contributed by atoms with E-state index in [-0.39, 0.29) is 5.41 Å². The molecule has 0 aliphatic carbocycles. The van der Waals surface area contributed by atoms with E-state index in [1.807, 2.05) is 12.1 Å². The van der Waals surface area contributed by atoms with Crippen LogP contribution in [-0.2, 0) is 18.7 Å². The maximum absolute atomic E-state index is 11.0. The topological polar surface area (TPSA) is 48.8 Å². The van der Waals surface area contributed by atoms with E-state index < -0.39 is 5.60 Å². The molecule has 0 spiro atoms. The summed E-state index contributed by atoms with van der Waals surface area (Å²) in [6.45, 7) is 13.3. The molecule has 5 nitrogen and oxygen atoms in total. The van der Waals surface area contributed by atoms with Gasteiger partial charge in [-0.15, -0.1) is 0 Å². The maximum atomic E-state index is 11.0. The summed E-state index contributed by atoms with van der Waals surface area (Å²) in [6.07, 6.45) is 5.04. The molecule has 162 valence electrons. The summed E-state index contributed by atoms with van der Waals surface area (Å²) in [5.74, 6) is 1.03. The van der Waals surface area contributed by atoms with Crippen LogP contribution in [0, 0.1) is 5.41 Å². The van der Waals surface area contributed by atoms with Gasteiger partial charge in [0, 0.05) is 62.8 Å². The minimum atomic E-state index is -0.750. The summed E-state index contributed by atoms with van der Waals surface area (Å²) in [5.41, 5.74) is 3.08. The van der Waals surface area contributed by atoms with Gasteiger partial charge in [0.25, 0.3) is 0 Å². The van der Waals surface area contributed by atoms with Crippen LogP contribution in [0.4, 0.5) is 0 Å². The standard InChI is InChI=1S/C25H35N3O2/c1-24(2,3)19-28-13-14-30-23-7-6-20(15-21(23)18-28)17-27-11-8-25(29,9-12-27)22-5-4-10-26-16-22/h4-7,10,15-16,29H,8-9,11-14,17-19H2,1-3H3. The molecule has 1 fully saturated rings. The smallest absolute Gasteiger partial charge is 0.123 e. The second-order valence-electron chi connectivity index (χ2n) is 10.1. The highest BCUT2D eigenvalue weighted by Gasteiger charge is 2.34. The van der Waals surface area contributed by atoms with Crippen molar-refractivity contribution in [2.45, 2.75) is 52.3 Å². The number of rotatable bonds is 4. The summed E-state index contributed by atoms with van der Waals surface area (Å²) in [7, 11) is 0. The van der Waals surface area contributed by atoms with Gasteiger partial charge in [-0.25, -0.2) is 0 Å². The second kappa shape index (κ2) is 8.66. The molecule has 3 heterocycles. The van der Waals surface area contributed by atoms with Crippen molar-refractivity contribution in [3.05, 3.63) is 59.4 Å². The molecule has 4 rings (SSSR count). The Bertz CT molecular complexity index is 839. The highest BCUT2D eigenvalue weighted by molar-refractivity contribution is 5.38. The Balaban J connectivity index is 1.39. The van der Waals surface area contributed by atoms with Crippen LogP contribution in [0.25, 0.3) is 0 Å². The molecule has 1 aromatic heterocycles. The number of hydrogen-bond acceptors (Lipinski definition) is 5. The highest BCUT2D eigenvalue weighted by Crippen LogP contribution is 2.33. The minimum Gasteiger partial charge on any atom is -0.492 e. The second-order valence-corrected chi connectivity index (χ2v) is 10.1. The van der Waals surface area contributed by atoms with Gasteiger partial charge < -0.3 is 9.84 Å². The molecule has 5 heteroatoms. The SMILES string of the molecule is CC(C)(C)CN1CCOc2ccc(CN3CCC(O)(c4cccnc4)CC3)cc2C1. The zero-order valence-corrected chi connectivity index (χ0v) is 18.6. The molecule has 0 unspecified atom stereocenters. The average molecular weight is 410 g/mol. The fraction of sp³-hybridized carbons (Fsp3) is 0.560. The van der Waals surface area contributed by atoms with Gasteiger partial charge in [-0.3, -0.25) is 14.8 Å². The zero-order valence-electron chi connectivity index (χ0n) is 18.6. The van der Waals surface area contributed by atoms with Gasteiger partial charge in [0.2, 0.25) is 0 Å². The van der Waals surface area contributed by atoms with E-state index in [2.05, 4.69) is 53.8 Å². The maximum Gasteiger partial charge on any atom is 0.123 e. The third kappa shape index (κ3) is 5.20. The number of aromatic nitrogens is 1. The number of pyridine rings is 1. The zero-order chi connectivity index (χ0) is 21.2. The van der Waals surface area contributed by atoms with Crippen LogP contribution in [0.15, 0.2) is 42.7 Å². The fourth-order valence-corrected chi connectivity index (χ4v) is 4.67. The van der Waals surface area contributed by atoms with Gasteiger partial charge in [0.1, 0.15) is 12.4 Å². The van der Waals surface area contributed by atoms with E-state index in [9.17, 15) is 5.11 Å². The minimum absolute atomic E-state index is 0.279. The number of benzene rings is 1. The van der Waals surface area contributed by atoms with Crippen LogP contribution in [0.1, 0.15) is 50.3 Å². The molecule has 2 aromatic rings. The molecule has 2 aliphatic rings. The van der Waals surface area contributed by atoms with Crippen molar-refractivity contribution in [3.8, 4) is 5.75 Å². The first-order valence-electron chi connectivity index (χ1n) is 11.1. The number of likely N-dealkylation sites (tertiary alicyclic amines) is 1. The quantitative estimate of drug-likeness (QED) is 0.832. The van der Waals surface area contributed by atoms with Gasteiger partial charge in [-0.05, 0) is 42.0 Å². The van der Waals surface area contributed by atoms with Crippen molar-refractivity contribution < 1.29 is 9.84 Å². The van der Waals surface area contributed by atoms with Gasteiger partial charge in [-0.1, -0.05) is 32.9 Å². The number of ether oxygens (including phenoxy) is 1.